The van der Waals surface area contributed by atoms with Crippen molar-refractivity contribution in [1.29, 1.82) is 0 Å². The van der Waals surface area contributed by atoms with E-state index < -0.39 is 0 Å². The van der Waals surface area contributed by atoms with Crippen molar-refractivity contribution in [2.75, 3.05) is 0 Å². The summed E-state index contributed by atoms with van der Waals surface area (Å²) in [6.45, 7) is 2.21. The van der Waals surface area contributed by atoms with E-state index >= 15 is 0 Å². The number of Topliss-reactive ketones (excluding diaryl/α,β-unsaturated/α-hetero) is 1. The Hall–Kier alpha value is -0.340. The standard InChI is InChI=1S/C13H19ClOS/c1-2-3-4-5-6-7-8-11(15)12-9-10-13(14)16-12/h9-10H,2-8H2,1H3. The zero-order valence-corrected chi connectivity index (χ0v) is 11.4. The van der Waals surface area contributed by atoms with E-state index in [-0.39, 0.29) is 5.78 Å². The number of carbonyl (C=O) groups is 1. The first-order chi connectivity index (χ1) is 7.74. The van der Waals surface area contributed by atoms with E-state index in [1.165, 1.54) is 43.4 Å². The van der Waals surface area contributed by atoms with E-state index in [4.69, 9.17) is 11.6 Å². The molecule has 0 fully saturated rings. The number of thiophene rings is 1. The summed E-state index contributed by atoms with van der Waals surface area (Å²) in [5.41, 5.74) is 0. The first-order valence-corrected chi connectivity index (χ1v) is 7.22. The number of carbonyl (C=O) groups excluding carboxylic acids is 1. The monoisotopic (exact) mass is 258 g/mol. The molecule has 90 valence electrons. The third-order valence-corrected chi connectivity index (χ3v) is 3.88. The number of halogens is 1. The van der Waals surface area contributed by atoms with E-state index in [0.29, 0.717) is 10.8 Å². The maximum atomic E-state index is 11.7. The molecule has 16 heavy (non-hydrogen) atoms. The topological polar surface area (TPSA) is 17.1 Å². The molecule has 0 aliphatic carbocycles. The highest BCUT2D eigenvalue weighted by molar-refractivity contribution is 7.18. The van der Waals surface area contributed by atoms with Gasteiger partial charge < -0.3 is 0 Å². The fraction of sp³-hybridized carbons (Fsp3) is 0.615. The SMILES string of the molecule is CCCCCCCCC(=O)c1ccc(Cl)s1. The highest BCUT2D eigenvalue weighted by Crippen LogP contribution is 2.23. The number of rotatable bonds is 8. The molecule has 1 aromatic rings. The molecule has 1 rings (SSSR count). The smallest absolute Gasteiger partial charge is 0.172 e. The van der Waals surface area contributed by atoms with Crippen molar-refractivity contribution in [1.82, 2.24) is 0 Å². The lowest BCUT2D eigenvalue weighted by Gasteiger charge is -1.99. The summed E-state index contributed by atoms with van der Waals surface area (Å²) in [5, 5.41) is 0. The fourth-order valence-corrected chi connectivity index (χ4v) is 2.66. The molecule has 0 N–H and O–H groups in total. The third kappa shape index (κ3) is 5.13. The second-order valence-corrected chi connectivity index (χ2v) is 5.76. The maximum absolute atomic E-state index is 11.7. The van der Waals surface area contributed by atoms with Crippen molar-refractivity contribution in [2.45, 2.75) is 51.9 Å². The van der Waals surface area contributed by atoms with Gasteiger partial charge in [-0.25, -0.2) is 0 Å². The number of hydrogen-bond acceptors (Lipinski definition) is 2. The van der Waals surface area contributed by atoms with Crippen LogP contribution in [-0.2, 0) is 0 Å². The van der Waals surface area contributed by atoms with Crippen molar-refractivity contribution < 1.29 is 4.79 Å². The summed E-state index contributed by atoms with van der Waals surface area (Å²) in [6.07, 6.45) is 7.99. The van der Waals surface area contributed by atoms with Crippen LogP contribution in [0.25, 0.3) is 0 Å². The van der Waals surface area contributed by atoms with Crippen LogP contribution < -0.4 is 0 Å². The van der Waals surface area contributed by atoms with Crippen LogP contribution in [0.15, 0.2) is 12.1 Å². The van der Waals surface area contributed by atoms with Gasteiger partial charge in [0.15, 0.2) is 5.78 Å². The molecule has 0 aromatic carbocycles. The Kier molecular flexibility index (Phi) is 6.74. The van der Waals surface area contributed by atoms with Crippen LogP contribution in [0, 0.1) is 0 Å². The lowest BCUT2D eigenvalue weighted by atomic mass is 10.1. The minimum atomic E-state index is 0.243. The predicted octanol–water partition coefficient (Wildman–Crippen LogP) is 5.33. The van der Waals surface area contributed by atoms with Crippen LogP contribution in [0.2, 0.25) is 4.34 Å². The van der Waals surface area contributed by atoms with Gasteiger partial charge in [-0.15, -0.1) is 11.3 Å². The Bertz CT molecular complexity index is 319. The van der Waals surface area contributed by atoms with Gasteiger partial charge in [-0.2, -0.15) is 0 Å². The van der Waals surface area contributed by atoms with Crippen LogP contribution in [0.5, 0.6) is 0 Å². The first kappa shape index (κ1) is 13.7. The van der Waals surface area contributed by atoms with Crippen LogP contribution in [0.4, 0.5) is 0 Å². The second kappa shape index (κ2) is 7.86. The van der Waals surface area contributed by atoms with Crippen molar-refractivity contribution in [3.8, 4) is 0 Å². The van der Waals surface area contributed by atoms with Gasteiger partial charge in [-0.3, -0.25) is 4.79 Å². The van der Waals surface area contributed by atoms with Crippen LogP contribution in [0.1, 0.15) is 61.5 Å². The minimum Gasteiger partial charge on any atom is -0.293 e. The van der Waals surface area contributed by atoms with Crippen molar-refractivity contribution in [3.05, 3.63) is 21.3 Å². The molecule has 1 aromatic heterocycles. The van der Waals surface area contributed by atoms with Crippen LogP contribution in [0.3, 0.4) is 0 Å². The molecule has 0 spiro atoms. The largest absolute Gasteiger partial charge is 0.293 e. The quantitative estimate of drug-likeness (QED) is 0.455. The predicted molar refractivity (Wildman–Crippen MR) is 71.7 cm³/mol. The van der Waals surface area contributed by atoms with Gasteiger partial charge in [0.1, 0.15) is 0 Å². The van der Waals surface area contributed by atoms with Gasteiger partial charge >= 0.3 is 0 Å². The molecule has 0 aliphatic rings. The molecule has 0 saturated carbocycles. The Labute approximate surface area is 107 Å². The molecule has 0 amide bonds. The minimum absolute atomic E-state index is 0.243. The van der Waals surface area contributed by atoms with Crippen LogP contribution >= 0.6 is 22.9 Å². The summed E-state index contributed by atoms with van der Waals surface area (Å²) in [4.78, 5) is 12.5. The fourth-order valence-electron chi connectivity index (χ4n) is 1.65. The molecule has 1 nitrogen and oxygen atoms in total. The van der Waals surface area contributed by atoms with Gasteiger partial charge in [-0.1, -0.05) is 50.6 Å². The molecule has 0 saturated heterocycles. The van der Waals surface area contributed by atoms with Crippen molar-refractivity contribution in [3.63, 3.8) is 0 Å². The maximum Gasteiger partial charge on any atom is 0.172 e. The summed E-state index contributed by atoms with van der Waals surface area (Å²) >= 11 is 7.17. The van der Waals surface area contributed by atoms with Gasteiger partial charge in [0, 0.05) is 6.42 Å². The van der Waals surface area contributed by atoms with E-state index in [0.717, 1.165) is 11.3 Å². The average molecular weight is 259 g/mol. The summed E-state index contributed by atoms with van der Waals surface area (Å²) in [5.74, 6) is 0.243. The number of unbranched alkanes of at least 4 members (excludes halogenated alkanes) is 5. The Morgan fingerprint density at radius 1 is 1.19 bits per heavy atom. The zero-order valence-electron chi connectivity index (χ0n) is 9.80. The molecule has 3 heteroatoms. The third-order valence-electron chi connectivity index (χ3n) is 2.61. The second-order valence-electron chi connectivity index (χ2n) is 4.04. The van der Waals surface area contributed by atoms with Crippen LogP contribution in [-0.4, -0.2) is 5.78 Å². The van der Waals surface area contributed by atoms with E-state index in [1.807, 2.05) is 6.07 Å². The normalized spacial score (nSPS) is 10.6. The Balaban J connectivity index is 2.11. The zero-order chi connectivity index (χ0) is 11.8. The molecule has 0 atom stereocenters. The van der Waals surface area contributed by atoms with Crippen molar-refractivity contribution in [2.24, 2.45) is 0 Å². The highest BCUT2D eigenvalue weighted by atomic mass is 35.5. The molecule has 0 radical (unpaired) electrons. The lowest BCUT2D eigenvalue weighted by molar-refractivity contribution is 0.0983. The van der Waals surface area contributed by atoms with Crippen molar-refractivity contribution >= 4 is 28.7 Å². The Morgan fingerprint density at radius 2 is 1.88 bits per heavy atom. The average Bonchev–Trinajstić information content (AvgIpc) is 2.70. The van der Waals surface area contributed by atoms with Gasteiger partial charge in [0.25, 0.3) is 0 Å². The van der Waals surface area contributed by atoms with E-state index in [1.54, 1.807) is 6.07 Å². The number of ketones is 1. The highest BCUT2D eigenvalue weighted by Gasteiger charge is 2.07. The molecule has 0 bridgehead atoms. The lowest BCUT2D eigenvalue weighted by Crippen LogP contribution is -1.95. The molecular formula is C13H19ClOS. The summed E-state index contributed by atoms with van der Waals surface area (Å²) in [6, 6.07) is 3.62. The first-order valence-electron chi connectivity index (χ1n) is 6.02. The van der Waals surface area contributed by atoms with Gasteiger partial charge in [0.05, 0.1) is 9.21 Å². The summed E-state index contributed by atoms with van der Waals surface area (Å²) < 4.78 is 0.700. The van der Waals surface area contributed by atoms with Gasteiger partial charge in [-0.05, 0) is 18.6 Å². The molecule has 1 heterocycles. The molecule has 0 unspecified atom stereocenters. The Morgan fingerprint density at radius 3 is 2.50 bits per heavy atom. The van der Waals surface area contributed by atoms with E-state index in [9.17, 15) is 4.79 Å². The molecular weight excluding hydrogens is 240 g/mol. The van der Waals surface area contributed by atoms with Gasteiger partial charge in [0.2, 0.25) is 0 Å². The number of hydrogen-bond donors (Lipinski definition) is 0. The molecule has 0 aliphatic heterocycles. The summed E-state index contributed by atoms with van der Waals surface area (Å²) in [7, 11) is 0. The van der Waals surface area contributed by atoms with E-state index in [2.05, 4.69) is 6.92 Å².